The fourth-order valence-electron chi connectivity index (χ4n) is 2.47. The van der Waals surface area contributed by atoms with Gasteiger partial charge in [-0.25, -0.2) is 0 Å². The topological polar surface area (TPSA) is 47.6 Å². The smallest absolute Gasteiger partial charge is 0.224 e. The van der Waals surface area contributed by atoms with Gasteiger partial charge < -0.3 is 14.8 Å². The number of rotatable bonds is 7. The zero-order valence-corrected chi connectivity index (χ0v) is 13.9. The van der Waals surface area contributed by atoms with E-state index < -0.39 is 0 Å². The van der Waals surface area contributed by atoms with E-state index in [0.717, 1.165) is 28.9 Å². The molecule has 0 aromatic heterocycles. The molecule has 0 fully saturated rings. The first kappa shape index (κ1) is 16.9. The summed E-state index contributed by atoms with van der Waals surface area (Å²) in [6, 6.07) is 13.7. The normalized spacial score (nSPS) is 10.2. The molecule has 0 aliphatic rings. The average molecular weight is 313 g/mol. The van der Waals surface area contributed by atoms with Crippen LogP contribution in [-0.2, 0) is 17.6 Å². The first-order valence-electron chi connectivity index (χ1n) is 7.66. The Bertz CT molecular complexity index is 653. The molecule has 2 aromatic rings. The van der Waals surface area contributed by atoms with Gasteiger partial charge in [0.15, 0.2) is 11.5 Å². The molecule has 1 amide bonds. The summed E-state index contributed by atoms with van der Waals surface area (Å²) in [6.45, 7) is 2.63. The standard InChI is InChI=1S/C19H23NO3/c1-14-11-17(22-2)18(23-3)13-16(14)9-10-20-19(21)12-15-7-5-4-6-8-15/h4-8,11,13H,9-10,12H2,1-3H3,(H,20,21). The minimum Gasteiger partial charge on any atom is -0.493 e. The molecule has 1 N–H and O–H groups in total. The van der Waals surface area contributed by atoms with E-state index in [0.29, 0.717) is 18.7 Å². The first-order valence-corrected chi connectivity index (χ1v) is 7.66. The van der Waals surface area contributed by atoms with E-state index >= 15 is 0 Å². The minimum absolute atomic E-state index is 0.0364. The van der Waals surface area contributed by atoms with Crippen LogP contribution in [0.15, 0.2) is 42.5 Å². The number of carbonyl (C=O) groups is 1. The van der Waals surface area contributed by atoms with Crippen LogP contribution in [0.2, 0.25) is 0 Å². The highest BCUT2D eigenvalue weighted by molar-refractivity contribution is 5.78. The molecule has 0 aliphatic carbocycles. The van der Waals surface area contributed by atoms with E-state index in [9.17, 15) is 4.79 Å². The zero-order valence-electron chi connectivity index (χ0n) is 13.9. The molecular formula is C19H23NO3. The van der Waals surface area contributed by atoms with Gasteiger partial charge in [0.05, 0.1) is 20.6 Å². The molecule has 0 radical (unpaired) electrons. The average Bonchev–Trinajstić information content (AvgIpc) is 2.56. The van der Waals surface area contributed by atoms with Gasteiger partial charge in [0.25, 0.3) is 0 Å². The summed E-state index contributed by atoms with van der Waals surface area (Å²) < 4.78 is 10.6. The Morgan fingerprint density at radius 2 is 1.70 bits per heavy atom. The maximum Gasteiger partial charge on any atom is 0.224 e. The predicted octanol–water partition coefficient (Wildman–Crippen LogP) is 2.91. The second kappa shape index (κ2) is 8.22. The van der Waals surface area contributed by atoms with E-state index in [-0.39, 0.29) is 5.91 Å². The monoisotopic (exact) mass is 313 g/mol. The highest BCUT2D eigenvalue weighted by Crippen LogP contribution is 2.30. The molecule has 2 rings (SSSR count). The van der Waals surface area contributed by atoms with Gasteiger partial charge in [-0.2, -0.15) is 0 Å². The lowest BCUT2D eigenvalue weighted by atomic mass is 10.0. The molecule has 2 aromatic carbocycles. The predicted molar refractivity (Wildman–Crippen MR) is 91.1 cm³/mol. The summed E-state index contributed by atoms with van der Waals surface area (Å²) in [6.07, 6.45) is 1.17. The third-order valence-electron chi connectivity index (χ3n) is 3.77. The van der Waals surface area contributed by atoms with Crippen molar-refractivity contribution < 1.29 is 14.3 Å². The van der Waals surface area contributed by atoms with E-state index in [4.69, 9.17) is 9.47 Å². The largest absolute Gasteiger partial charge is 0.493 e. The zero-order chi connectivity index (χ0) is 16.7. The molecule has 0 saturated heterocycles. The van der Waals surface area contributed by atoms with E-state index in [1.54, 1.807) is 14.2 Å². The van der Waals surface area contributed by atoms with Gasteiger partial charge in [-0.1, -0.05) is 30.3 Å². The summed E-state index contributed by atoms with van der Waals surface area (Å²) in [4.78, 5) is 12.0. The van der Waals surface area contributed by atoms with Crippen molar-refractivity contribution in [1.29, 1.82) is 0 Å². The fraction of sp³-hybridized carbons (Fsp3) is 0.316. The second-order valence-electron chi connectivity index (χ2n) is 5.40. The lowest BCUT2D eigenvalue weighted by molar-refractivity contribution is -0.120. The number of aryl methyl sites for hydroxylation is 1. The fourth-order valence-corrected chi connectivity index (χ4v) is 2.47. The highest BCUT2D eigenvalue weighted by Gasteiger charge is 2.09. The molecular weight excluding hydrogens is 290 g/mol. The van der Waals surface area contributed by atoms with Crippen LogP contribution >= 0.6 is 0 Å². The molecule has 4 heteroatoms. The van der Waals surface area contributed by atoms with Crippen molar-refractivity contribution in [3.05, 3.63) is 59.2 Å². The van der Waals surface area contributed by atoms with Crippen molar-refractivity contribution in [2.24, 2.45) is 0 Å². The molecule has 0 heterocycles. The lowest BCUT2D eigenvalue weighted by Gasteiger charge is -2.13. The number of carbonyl (C=O) groups excluding carboxylic acids is 1. The summed E-state index contributed by atoms with van der Waals surface area (Å²) in [7, 11) is 3.25. The molecule has 4 nitrogen and oxygen atoms in total. The van der Waals surface area contributed by atoms with Crippen LogP contribution in [0.1, 0.15) is 16.7 Å². The maximum atomic E-state index is 12.0. The Morgan fingerprint density at radius 3 is 2.35 bits per heavy atom. The van der Waals surface area contributed by atoms with E-state index in [2.05, 4.69) is 5.32 Å². The molecule has 0 aliphatic heterocycles. The van der Waals surface area contributed by atoms with Gasteiger partial charge >= 0.3 is 0 Å². The first-order chi connectivity index (χ1) is 11.1. The Morgan fingerprint density at radius 1 is 1.04 bits per heavy atom. The number of methoxy groups -OCH3 is 2. The van der Waals surface area contributed by atoms with Crippen LogP contribution in [0, 0.1) is 6.92 Å². The van der Waals surface area contributed by atoms with Crippen LogP contribution in [-0.4, -0.2) is 26.7 Å². The van der Waals surface area contributed by atoms with Crippen molar-refractivity contribution in [1.82, 2.24) is 5.32 Å². The molecule has 23 heavy (non-hydrogen) atoms. The van der Waals surface area contributed by atoms with Gasteiger partial charge in [-0.05, 0) is 42.2 Å². The summed E-state index contributed by atoms with van der Waals surface area (Å²) in [5, 5.41) is 2.96. The highest BCUT2D eigenvalue weighted by atomic mass is 16.5. The molecule has 0 spiro atoms. The number of hydrogen-bond acceptors (Lipinski definition) is 3. The Hall–Kier alpha value is -2.49. The molecule has 0 bridgehead atoms. The van der Waals surface area contributed by atoms with Crippen LogP contribution < -0.4 is 14.8 Å². The number of benzene rings is 2. The number of hydrogen-bond donors (Lipinski definition) is 1. The summed E-state index contributed by atoms with van der Waals surface area (Å²) >= 11 is 0. The van der Waals surface area contributed by atoms with Crippen molar-refractivity contribution in [3.63, 3.8) is 0 Å². The molecule has 122 valence electrons. The summed E-state index contributed by atoms with van der Waals surface area (Å²) in [5.74, 6) is 1.47. The van der Waals surface area contributed by atoms with Crippen molar-refractivity contribution >= 4 is 5.91 Å². The molecule has 0 saturated carbocycles. The summed E-state index contributed by atoms with van der Waals surface area (Å²) in [5.41, 5.74) is 3.29. The second-order valence-corrected chi connectivity index (χ2v) is 5.40. The van der Waals surface area contributed by atoms with Gasteiger partial charge in [0.2, 0.25) is 5.91 Å². The van der Waals surface area contributed by atoms with Gasteiger partial charge in [-0.15, -0.1) is 0 Å². The molecule has 0 unspecified atom stereocenters. The third kappa shape index (κ3) is 4.74. The number of ether oxygens (including phenoxy) is 2. The minimum atomic E-state index is 0.0364. The SMILES string of the molecule is COc1cc(C)c(CCNC(=O)Cc2ccccc2)cc1OC. The Labute approximate surface area is 137 Å². The Balaban J connectivity index is 1.90. The van der Waals surface area contributed by atoms with Gasteiger partial charge in [-0.3, -0.25) is 4.79 Å². The van der Waals surface area contributed by atoms with Crippen LogP contribution in [0.5, 0.6) is 11.5 Å². The van der Waals surface area contributed by atoms with Crippen molar-refractivity contribution in [3.8, 4) is 11.5 Å². The lowest BCUT2D eigenvalue weighted by Crippen LogP contribution is -2.27. The van der Waals surface area contributed by atoms with Crippen LogP contribution in [0.4, 0.5) is 0 Å². The van der Waals surface area contributed by atoms with E-state index in [1.165, 1.54) is 0 Å². The van der Waals surface area contributed by atoms with Crippen LogP contribution in [0.3, 0.4) is 0 Å². The third-order valence-corrected chi connectivity index (χ3v) is 3.77. The van der Waals surface area contributed by atoms with Crippen molar-refractivity contribution in [2.45, 2.75) is 19.8 Å². The van der Waals surface area contributed by atoms with Gasteiger partial charge in [0.1, 0.15) is 0 Å². The van der Waals surface area contributed by atoms with Crippen LogP contribution in [0.25, 0.3) is 0 Å². The maximum absolute atomic E-state index is 12.0. The van der Waals surface area contributed by atoms with Gasteiger partial charge in [0, 0.05) is 6.54 Å². The quantitative estimate of drug-likeness (QED) is 0.855. The number of nitrogens with one attached hydrogen (secondary N) is 1. The number of amides is 1. The van der Waals surface area contributed by atoms with Crippen molar-refractivity contribution in [2.75, 3.05) is 20.8 Å². The molecule has 0 atom stereocenters. The Kier molecular flexibility index (Phi) is 6.03. The van der Waals surface area contributed by atoms with E-state index in [1.807, 2.05) is 49.4 Å².